The zero-order valence-electron chi connectivity index (χ0n) is 20.1. The van der Waals surface area contributed by atoms with E-state index in [1.165, 1.54) is 0 Å². The second-order valence-electron chi connectivity index (χ2n) is 9.05. The second-order valence-corrected chi connectivity index (χ2v) is 9.80. The molecule has 0 aromatic carbocycles. The van der Waals surface area contributed by atoms with E-state index < -0.39 is 0 Å². The first-order chi connectivity index (χ1) is 15.3. The second kappa shape index (κ2) is 13.5. The van der Waals surface area contributed by atoms with Crippen LogP contribution < -0.4 is 0 Å². The van der Waals surface area contributed by atoms with Crippen LogP contribution in [0.3, 0.4) is 0 Å². The van der Waals surface area contributed by atoms with Crippen LogP contribution in [0.1, 0.15) is 94.5 Å². The van der Waals surface area contributed by atoms with Gasteiger partial charge in [-0.05, 0) is 64.0 Å². The van der Waals surface area contributed by atoms with Crippen molar-refractivity contribution in [3.8, 4) is 0 Å². The maximum Gasteiger partial charge on any atom is 0.222 e. The molecule has 1 aliphatic rings. The molecule has 0 aliphatic carbocycles. The average molecular weight is 485 g/mol. The van der Waals surface area contributed by atoms with E-state index in [1.54, 1.807) is 6.07 Å². The monoisotopic (exact) mass is 483 g/mol. The van der Waals surface area contributed by atoms with E-state index in [4.69, 9.17) is 23.2 Å². The Morgan fingerprint density at radius 3 is 2.44 bits per heavy atom. The number of nitrogens with zero attached hydrogens (tertiary/aromatic N) is 3. The van der Waals surface area contributed by atoms with Crippen molar-refractivity contribution in [1.29, 1.82) is 0 Å². The van der Waals surface area contributed by atoms with Crippen LogP contribution >= 0.6 is 23.2 Å². The predicted octanol–water partition coefficient (Wildman–Crippen LogP) is 6.33. The molecule has 1 aromatic heterocycles. The summed E-state index contributed by atoms with van der Waals surface area (Å²) in [5, 5.41) is 0.506. The molecule has 5 nitrogen and oxygen atoms in total. The van der Waals surface area contributed by atoms with E-state index in [0.29, 0.717) is 41.5 Å². The number of halogens is 2. The average Bonchev–Trinajstić information content (AvgIpc) is 2.74. The largest absolute Gasteiger partial charge is 0.340 e. The number of Topliss-reactive ketones (excluding diaryl/α,β-unsaturated/α-hetero) is 1. The van der Waals surface area contributed by atoms with Crippen molar-refractivity contribution < 1.29 is 9.59 Å². The first-order valence-corrected chi connectivity index (χ1v) is 12.9. The highest BCUT2D eigenvalue weighted by Gasteiger charge is 2.28. The van der Waals surface area contributed by atoms with Gasteiger partial charge in [-0.25, -0.2) is 4.98 Å². The highest BCUT2D eigenvalue weighted by atomic mass is 35.5. The van der Waals surface area contributed by atoms with E-state index >= 15 is 0 Å². The number of aromatic nitrogens is 1. The molecule has 1 amide bonds. The van der Waals surface area contributed by atoms with E-state index in [-0.39, 0.29) is 10.9 Å². The zero-order valence-corrected chi connectivity index (χ0v) is 21.6. The van der Waals surface area contributed by atoms with Crippen LogP contribution in [0.25, 0.3) is 0 Å². The van der Waals surface area contributed by atoms with Gasteiger partial charge in [0, 0.05) is 44.6 Å². The molecule has 0 spiro atoms. The molecule has 1 aromatic rings. The van der Waals surface area contributed by atoms with E-state index in [0.717, 1.165) is 70.1 Å². The molecule has 1 atom stereocenters. The molecule has 0 N–H and O–H groups in total. The summed E-state index contributed by atoms with van der Waals surface area (Å²) in [4.78, 5) is 33.9. The van der Waals surface area contributed by atoms with E-state index in [2.05, 4.69) is 35.6 Å². The van der Waals surface area contributed by atoms with Gasteiger partial charge < -0.3 is 9.80 Å². The van der Waals surface area contributed by atoms with Crippen molar-refractivity contribution in [3.63, 3.8) is 0 Å². The Balaban J connectivity index is 1.81. The first-order valence-electron chi connectivity index (χ1n) is 12.2. The number of unbranched alkanes of at least 4 members (excludes halogenated alkanes) is 1. The lowest BCUT2D eigenvalue weighted by atomic mass is 9.98. The fourth-order valence-electron chi connectivity index (χ4n) is 4.63. The van der Waals surface area contributed by atoms with Crippen molar-refractivity contribution in [2.24, 2.45) is 0 Å². The molecular formula is C25H39Cl2N3O2. The van der Waals surface area contributed by atoms with E-state index in [9.17, 15) is 9.59 Å². The summed E-state index contributed by atoms with van der Waals surface area (Å²) in [5.41, 5.74) is 1.27. The summed E-state index contributed by atoms with van der Waals surface area (Å²) in [6.07, 6.45) is 8.06. The number of hydrogen-bond acceptors (Lipinski definition) is 4. The summed E-state index contributed by atoms with van der Waals surface area (Å²) >= 11 is 12.1. The van der Waals surface area contributed by atoms with Gasteiger partial charge in [0.2, 0.25) is 5.91 Å². The lowest BCUT2D eigenvalue weighted by molar-refractivity contribution is -0.134. The minimum Gasteiger partial charge on any atom is -0.340 e. The standard InChI is InChI=1S/C25H39Cl2N3O2/c1-5-7-14-30(23(32)9-6-2)20-12-15-29(16-13-20)19(4)10-8-11-21(31)24-18(3)17-22(26)28-25(24)27/h17,19-20H,5-16H2,1-4H3/t19-/m1/s1. The molecule has 0 unspecified atom stereocenters. The molecule has 0 radical (unpaired) electrons. The van der Waals surface area contributed by atoms with Gasteiger partial charge in [-0.2, -0.15) is 0 Å². The summed E-state index contributed by atoms with van der Waals surface area (Å²) in [5.74, 6) is 0.347. The highest BCUT2D eigenvalue weighted by molar-refractivity contribution is 6.35. The summed E-state index contributed by atoms with van der Waals surface area (Å²) in [6.45, 7) is 11.2. The van der Waals surface area contributed by atoms with Gasteiger partial charge in [0.1, 0.15) is 10.3 Å². The zero-order chi connectivity index (χ0) is 23.7. The summed E-state index contributed by atoms with van der Waals surface area (Å²) in [7, 11) is 0. The number of carbonyl (C=O) groups is 2. The Hall–Kier alpha value is -1.17. The lowest BCUT2D eigenvalue weighted by Crippen LogP contribution is -2.49. The first kappa shape index (κ1) is 27.1. The number of amides is 1. The van der Waals surface area contributed by atoms with Gasteiger partial charge in [0.05, 0.1) is 5.56 Å². The maximum absolute atomic E-state index is 12.7. The number of piperidine rings is 1. The van der Waals surface area contributed by atoms with Gasteiger partial charge in [-0.3, -0.25) is 9.59 Å². The number of carbonyl (C=O) groups excluding carboxylic acids is 2. The van der Waals surface area contributed by atoms with Crippen molar-refractivity contribution in [1.82, 2.24) is 14.8 Å². The molecule has 1 fully saturated rings. The fourth-order valence-corrected chi connectivity index (χ4v) is 5.27. The molecule has 1 aliphatic heterocycles. The molecule has 2 rings (SSSR count). The molecule has 0 bridgehead atoms. The summed E-state index contributed by atoms with van der Waals surface area (Å²) in [6, 6.07) is 2.47. The van der Waals surface area contributed by atoms with Crippen LogP contribution in [0.15, 0.2) is 6.07 Å². The van der Waals surface area contributed by atoms with Crippen molar-refractivity contribution >= 4 is 34.9 Å². The molecule has 1 saturated heterocycles. The van der Waals surface area contributed by atoms with Crippen molar-refractivity contribution in [2.45, 2.75) is 97.6 Å². The van der Waals surface area contributed by atoms with E-state index in [1.807, 2.05) is 6.92 Å². The number of likely N-dealkylation sites (tertiary alicyclic amines) is 1. The lowest BCUT2D eigenvalue weighted by Gasteiger charge is -2.41. The number of ketones is 1. The molecule has 2 heterocycles. The minimum atomic E-state index is 0.0311. The molecular weight excluding hydrogens is 445 g/mol. The Morgan fingerprint density at radius 2 is 1.84 bits per heavy atom. The maximum atomic E-state index is 12.7. The van der Waals surface area contributed by atoms with Gasteiger partial charge >= 0.3 is 0 Å². The topological polar surface area (TPSA) is 53.5 Å². The number of aryl methyl sites for hydroxylation is 1. The van der Waals surface area contributed by atoms with Crippen LogP contribution in [-0.2, 0) is 4.79 Å². The molecule has 0 saturated carbocycles. The number of pyridine rings is 1. The van der Waals surface area contributed by atoms with Gasteiger partial charge in [0.25, 0.3) is 0 Å². The van der Waals surface area contributed by atoms with Crippen LogP contribution in [0.4, 0.5) is 0 Å². The molecule has 7 heteroatoms. The normalized spacial score (nSPS) is 16.2. The van der Waals surface area contributed by atoms with Gasteiger partial charge in [0.15, 0.2) is 5.78 Å². The number of hydrogen-bond donors (Lipinski definition) is 0. The Morgan fingerprint density at radius 1 is 1.16 bits per heavy atom. The third-order valence-electron chi connectivity index (χ3n) is 6.55. The molecule has 180 valence electrons. The van der Waals surface area contributed by atoms with Crippen molar-refractivity contribution in [3.05, 3.63) is 27.5 Å². The van der Waals surface area contributed by atoms with Crippen molar-refractivity contribution in [2.75, 3.05) is 19.6 Å². The van der Waals surface area contributed by atoms with Crippen LogP contribution in [0.2, 0.25) is 10.3 Å². The van der Waals surface area contributed by atoms with Crippen LogP contribution in [0.5, 0.6) is 0 Å². The predicted molar refractivity (Wildman–Crippen MR) is 133 cm³/mol. The third-order valence-corrected chi connectivity index (χ3v) is 7.01. The smallest absolute Gasteiger partial charge is 0.222 e. The Bertz CT molecular complexity index is 741. The van der Waals surface area contributed by atoms with Gasteiger partial charge in [-0.15, -0.1) is 0 Å². The Kier molecular flexibility index (Phi) is 11.4. The molecule has 32 heavy (non-hydrogen) atoms. The number of rotatable bonds is 12. The third kappa shape index (κ3) is 7.71. The minimum absolute atomic E-state index is 0.0311. The van der Waals surface area contributed by atoms with Crippen LogP contribution in [-0.4, -0.2) is 58.2 Å². The fraction of sp³-hybridized carbons (Fsp3) is 0.720. The van der Waals surface area contributed by atoms with Gasteiger partial charge in [-0.1, -0.05) is 43.5 Å². The highest BCUT2D eigenvalue weighted by Crippen LogP contribution is 2.25. The Labute approximate surface area is 203 Å². The van der Waals surface area contributed by atoms with Crippen LogP contribution in [0, 0.1) is 6.92 Å². The quantitative estimate of drug-likeness (QED) is 0.257. The summed E-state index contributed by atoms with van der Waals surface area (Å²) < 4.78 is 0. The SMILES string of the molecule is CCCCN(C(=O)CCC)C1CCN([C@H](C)CCCC(=O)c2c(C)cc(Cl)nc2Cl)CC1.